The van der Waals surface area contributed by atoms with Crippen molar-refractivity contribution >= 4 is 11.8 Å². The number of hydrogen-bond acceptors (Lipinski definition) is 5. The van der Waals surface area contributed by atoms with Crippen molar-refractivity contribution in [2.75, 3.05) is 33.7 Å². The van der Waals surface area contributed by atoms with E-state index in [1.807, 2.05) is 11.8 Å². The molecule has 0 spiro atoms. The van der Waals surface area contributed by atoms with E-state index in [0.29, 0.717) is 18.1 Å². The molecular weight excluding hydrogens is 288 g/mol. The maximum absolute atomic E-state index is 5.64. The summed E-state index contributed by atoms with van der Waals surface area (Å²) in [5.41, 5.74) is 2.40. The average Bonchev–Trinajstić information content (AvgIpc) is 2.72. The van der Waals surface area contributed by atoms with Crippen LogP contribution in [0.2, 0.25) is 0 Å². The van der Waals surface area contributed by atoms with E-state index in [9.17, 15) is 0 Å². The molecule has 0 aliphatic carbocycles. The zero-order valence-corrected chi connectivity index (χ0v) is 13.6. The summed E-state index contributed by atoms with van der Waals surface area (Å²) in [5.74, 6) is 3.19. The van der Waals surface area contributed by atoms with Gasteiger partial charge < -0.3 is 18.9 Å². The Kier molecular flexibility index (Phi) is 5.67. The fourth-order valence-electron chi connectivity index (χ4n) is 2.65. The lowest BCUT2D eigenvalue weighted by Crippen LogP contribution is -2.08. The Labute approximate surface area is 130 Å². The first-order chi connectivity index (χ1) is 10.3. The molecule has 2 rings (SSSR count). The molecule has 0 amide bonds. The maximum atomic E-state index is 5.64. The number of thioether (sulfide) groups is 1. The lowest BCUT2D eigenvalue weighted by Gasteiger charge is -2.23. The minimum Gasteiger partial charge on any atom is -0.500 e. The van der Waals surface area contributed by atoms with Crippen molar-refractivity contribution in [3.63, 3.8) is 0 Å². The van der Waals surface area contributed by atoms with E-state index in [2.05, 4.69) is 12.6 Å². The molecule has 116 valence electrons. The summed E-state index contributed by atoms with van der Waals surface area (Å²) in [6, 6.07) is 2.06. The van der Waals surface area contributed by atoms with Gasteiger partial charge in [0.25, 0.3) is 0 Å². The Bertz CT molecular complexity index is 502. The predicted octanol–water partition coefficient (Wildman–Crippen LogP) is 3.59. The maximum Gasteiger partial charge on any atom is 0.203 e. The summed E-state index contributed by atoms with van der Waals surface area (Å²) in [6.07, 6.45) is 3.61. The Hall–Kier alpha value is -1.49. The molecule has 1 atom stereocenters. The zero-order valence-electron chi connectivity index (χ0n) is 12.8. The molecule has 1 unspecified atom stereocenters. The number of aryl methyl sites for hydroxylation is 1. The number of fused-ring (bicyclic) bond motifs is 1. The largest absolute Gasteiger partial charge is 0.500 e. The van der Waals surface area contributed by atoms with Crippen LogP contribution < -0.4 is 14.2 Å². The molecule has 4 nitrogen and oxygen atoms in total. The number of benzene rings is 1. The van der Waals surface area contributed by atoms with E-state index in [1.54, 1.807) is 21.3 Å². The molecule has 1 aliphatic rings. The van der Waals surface area contributed by atoms with Gasteiger partial charge in [0.2, 0.25) is 5.75 Å². The third-order valence-electron chi connectivity index (χ3n) is 3.55. The van der Waals surface area contributed by atoms with Gasteiger partial charge >= 0.3 is 0 Å². The average molecular weight is 310 g/mol. The highest BCUT2D eigenvalue weighted by atomic mass is 32.2. The monoisotopic (exact) mass is 310 g/mol. The molecule has 0 N–H and O–H groups in total. The van der Waals surface area contributed by atoms with Gasteiger partial charge in [-0.1, -0.05) is 6.58 Å². The van der Waals surface area contributed by atoms with Gasteiger partial charge in [-0.25, -0.2) is 0 Å². The van der Waals surface area contributed by atoms with Crippen molar-refractivity contribution in [3.8, 4) is 17.2 Å². The number of ether oxygens (including phenoxy) is 4. The standard InChI is InChI=1S/C16H22O4S/c1-5-20-10-13-14-11(7-6-8-21-13)9-12(17-2)15(18-3)16(14)19-4/h5,9,13H,1,6-8,10H2,2-4H3. The fourth-order valence-corrected chi connectivity index (χ4v) is 3.84. The molecule has 21 heavy (non-hydrogen) atoms. The normalized spacial score (nSPS) is 17.4. The fraction of sp³-hybridized carbons (Fsp3) is 0.500. The lowest BCUT2D eigenvalue weighted by atomic mass is 9.98. The SMILES string of the molecule is C=COCC1SCCCc2cc(OC)c(OC)c(OC)c21. The molecule has 5 heteroatoms. The van der Waals surface area contributed by atoms with Crippen LogP contribution in [0, 0.1) is 0 Å². The second kappa shape index (κ2) is 7.50. The van der Waals surface area contributed by atoms with Crippen LogP contribution in [-0.2, 0) is 11.2 Å². The molecule has 0 fully saturated rings. The van der Waals surface area contributed by atoms with Gasteiger partial charge in [-0.2, -0.15) is 11.8 Å². The van der Waals surface area contributed by atoms with Gasteiger partial charge in [0, 0.05) is 5.56 Å². The molecule has 1 aliphatic heterocycles. The first-order valence-electron chi connectivity index (χ1n) is 6.92. The van der Waals surface area contributed by atoms with Crippen molar-refractivity contribution in [3.05, 3.63) is 30.0 Å². The van der Waals surface area contributed by atoms with Crippen LogP contribution in [-0.4, -0.2) is 33.7 Å². The van der Waals surface area contributed by atoms with Crippen molar-refractivity contribution in [2.24, 2.45) is 0 Å². The van der Waals surface area contributed by atoms with E-state index in [4.69, 9.17) is 18.9 Å². The zero-order chi connectivity index (χ0) is 15.2. The molecule has 0 saturated carbocycles. The number of rotatable bonds is 6. The Morgan fingerprint density at radius 1 is 1.24 bits per heavy atom. The molecule has 1 heterocycles. The second-order valence-electron chi connectivity index (χ2n) is 4.68. The van der Waals surface area contributed by atoms with Crippen molar-refractivity contribution < 1.29 is 18.9 Å². The first-order valence-corrected chi connectivity index (χ1v) is 7.97. The highest BCUT2D eigenvalue weighted by Crippen LogP contribution is 2.49. The minimum absolute atomic E-state index is 0.204. The molecule has 0 aromatic heterocycles. The quantitative estimate of drug-likeness (QED) is 0.751. The van der Waals surface area contributed by atoms with Crippen LogP contribution in [0.5, 0.6) is 17.2 Å². The van der Waals surface area contributed by atoms with Crippen LogP contribution >= 0.6 is 11.8 Å². The minimum atomic E-state index is 0.204. The molecule has 0 saturated heterocycles. The lowest BCUT2D eigenvalue weighted by molar-refractivity contribution is 0.249. The van der Waals surface area contributed by atoms with E-state index in [1.165, 1.54) is 11.8 Å². The van der Waals surface area contributed by atoms with E-state index >= 15 is 0 Å². The van der Waals surface area contributed by atoms with Gasteiger partial charge in [-0.05, 0) is 30.2 Å². The Morgan fingerprint density at radius 2 is 2.00 bits per heavy atom. The molecule has 1 aromatic rings. The van der Waals surface area contributed by atoms with Crippen molar-refractivity contribution in [1.82, 2.24) is 0 Å². The molecule has 0 bridgehead atoms. The van der Waals surface area contributed by atoms with Crippen LogP contribution in [0.3, 0.4) is 0 Å². The summed E-state index contributed by atoms with van der Waals surface area (Å²) in [4.78, 5) is 0. The smallest absolute Gasteiger partial charge is 0.203 e. The van der Waals surface area contributed by atoms with Gasteiger partial charge in [0.05, 0.1) is 32.8 Å². The first kappa shape index (κ1) is 15.9. The highest BCUT2D eigenvalue weighted by molar-refractivity contribution is 7.99. The summed E-state index contributed by atoms with van der Waals surface area (Å²) in [5, 5.41) is 0.204. The van der Waals surface area contributed by atoms with Crippen molar-refractivity contribution in [1.29, 1.82) is 0 Å². The van der Waals surface area contributed by atoms with E-state index < -0.39 is 0 Å². The van der Waals surface area contributed by atoms with Gasteiger partial charge in [-0.3, -0.25) is 0 Å². The van der Waals surface area contributed by atoms with Crippen molar-refractivity contribution in [2.45, 2.75) is 18.1 Å². The molecule has 0 radical (unpaired) electrons. The third kappa shape index (κ3) is 3.23. The number of methoxy groups -OCH3 is 3. The summed E-state index contributed by atoms with van der Waals surface area (Å²) in [6.45, 7) is 4.20. The topological polar surface area (TPSA) is 36.9 Å². The highest BCUT2D eigenvalue weighted by Gasteiger charge is 2.28. The Morgan fingerprint density at radius 3 is 2.62 bits per heavy atom. The van der Waals surface area contributed by atoms with Crippen LogP contribution in [0.4, 0.5) is 0 Å². The van der Waals surface area contributed by atoms with Crippen LogP contribution in [0.1, 0.15) is 22.8 Å². The molecular formula is C16H22O4S. The number of hydrogen-bond donors (Lipinski definition) is 0. The summed E-state index contributed by atoms with van der Waals surface area (Å²) in [7, 11) is 4.94. The third-order valence-corrected chi connectivity index (χ3v) is 4.85. The molecule has 1 aromatic carbocycles. The summed E-state index contributed by atoms with van der Waals surface area (Å²) >= 11 is 1.88. The van der Waals surface area contributed by atoms with Gasteiger partial charge in [0.15, 0.2) is 11.5 Å². The van der Waals surface area contributed by atoms with Gasteiger partial charge in [0.1, 0.15) is 6.61 Å². The van der Waals surface area contributed by atoms with E-state index in [-0.39, 0.29) is 5.25 Å². The predicted molar refractivity (Wildman–Crippen MR) is 85.8 cm³/mol. The van der Waals surface area contributed by atoms with E-state index in [0.717, 1.165) is 29.9 Å². The van der Waals surface area contributed by atoms with Crippen LogP contribution in [0.15, 0.2) is 18.9 Å². The van der Waals surface area contributed by atoms with Gasteiger partial charge in [-0.15, -0.1) is 0 Å². The summed E-state index contributed by atoms with van der Waals surface area (Å²) < 4.78 is 22.0. The second-order valence-corrected chi connectivity index (χ2v) is 5.99. The van der Waals surface area contributed by atoms with Crippen LogP contribution in [0.25, 0.3) is 0 Å². The Balaban J connectivity index is 2.56.